The Morgan fingerprint density at radius 2 is 1.75 bits per heavy atom. The molecule has 0 saturated carbocycles. The minimum Gasteiger partial charge on any atom is -0.338 e. The summed E-state index contributed by atoms with van der Waals surface area (Å²) in [5.41, 5.74) is 1.66. The van der Waals surface area contributed by atoms with Crippen LogP contribution < -0.4 is 10.6 Å². The molecule has 0 atom stereocenters. The Kier molecular flexibility index (Phi) is 4.68. The van der Waals surface area contributed by atoms with Gasteiger partial charge in [0.15, 0.2) is 0 Å². The Hall–Kier alpha value is -2.72. The predicted molar refractivity (Wildman–Crippen MR) is 106 cm³/mol. The van der Waals surface area contributed by atoms with Gasteiger partial charge in [-0.25, -0.2) is 23.2 Å². The molecule has 148 valence electrons. The van der Waals surface area contributed by atoms with Crippen molar-refractivity contribution in [1.82, 2.24) is 24.2 Å². The lowest BCUT2D eigenvalue weighted by Crippen LogP contribution is -2.49. The van der Waals surface area contributed by atoms with Gasteiger partial charge in [-0.2, -0.15) is 4.31 Å². The maximum absolute atomic E-state index is 13.0. The van der Waals surface area contributed by atoms with E-state index in [0.29, 0.717) is 49.1 Å². The molecule has 4 rings (SSSR count). The first-order valence-corrected chi connectivity index (χ1v) is 10.6. The average Bonchev–Trinajstić information content (AvgIpc) is 3.07. The Morgan fingerprint density at radius 3 is 2.46 bits per heavy atom. The molecule has 1 saturated heterocycles. The summed E-state index contributed by atoms with van der Waals surface area (Å²) in [5.74, 6) is 0.938. The van der Waals surface area contributed by atoms with Gasteiger partial charge in [0.1, 0.15) is 0 Å². The number of anilines is 1. The summed E-state index contributed by atoms with van der Waals surface area (Å²) < 4.78 is 27.5. The van der Waals surface area contributed by atoms with Crippen LogP contribution in [0.15, 0.2) is 40.2 Å². The molecule has 0 aliphatic carbocycles. The lowest BCUT2D eigenvalue weighted by molar-refractivity contribution is 0.382. The van der Waals surface area contributed by atoms with Crippen molar-refractivity contribution in [3.63, 3.8) is 0 Å². The largest absolute Gasteiger partial charge is 0.338 e. The van der Waals surface area contributed by atoms with E-state index in [1.807, 2.05) is 11.0 Å². The van der Waals surface area contributed by atoms with E-state index in [1.54, 1.807) is 12.3 Å². The van der Waals surface area contributed by atoms with Crippen molar-refractivity contribution in [3.05, 3.63) is 46.6 Å². The van der Waals surface area contributed by atoms with Gasteiger partial charge >= 0.3 is 5.69 Å². The zero-order valence-electron chi connectivity index (χ0n) is 15.7. The predicted octanol–water partition coefficient (Wildman–Crippen LogP) is 1.28. The lowest BCUT2D eigenvalue weighted by Gasteiger charge is -2.34. The number of aromatic nitrogens is 4. The number of rotatable bonds is 4. The fourth-order valence-corrected chi connectivity index (χ4v) is 4.73. The second-order valence-corrected chi connectivity index (χ2v) is 9.05. The van der Waals surface area contributed by atoms with Gasteiger partial charge in [0.2, 0.25) is 16.0 Å². The van der Waals surface area contributed by atoms with Crippen LogP contribution in [0.1, 0.15) is 25.5 Å². The van der Waals surface area contributed by atoms with Crippen molar-refractivity contribution in [1.29, 1.82) is 0 Å². The van der Waals surface area contributed by atoms with Crippen LogP contribution in [-0.4, -0.2) is 58.8 Å². The van der Waals surface area contributed by atoms with Crippen LogP contribution >= 0.6 is 0 Å². The Bertz CT molecular complexity index is 1160. The minimum atomic E-state index is -3.64. The molecule has 3 heterocycles. The number of imidazole rings is 1. The molecule has 2 N–H and O–H groups in total. The van der Waals surface area contributed by atoms with Gasteiger partial charge in [0.25, 0.3) is 0 Å². The van der Waals surface area contributed by atoms with E-state index in [4.69, 9.17) is 0 Å². The summed E-state index contributed by atoms with van der Waals surface area (Å²) in [5, 5.41) is 0. The number of aromatic amines is 2. The Labute approximate surface area is 162 Å². The molecule has 28 heavy (non-hydrogen) atoms. The Balaban J connectivity index is 1.52. The highest BCUT2D eigenvalue weighted by Gasteiger charge is 2.29. The maximum Gasteiger partial charge on any atom is 0.323 e. The number of H-pyrrole nitrogens is 2. The summed E-state index contributed by atoms with van der Waals surface area (Å²) in [7, 11) is -3.64. The fraction of sp³-hybridized carbons (Fsp3) is 0.389. The third kappa shape index (κ3) is 3.40. The quantitative estimate of drug-likeness (QED) is 0.679. The van der Waals surface area contributed by atoms with Crippen molar-refractivity contribution in [2.24, 2.45) is 0 Å². The molecule has 1 aliphatic rings. The van der Waals surface area contributed by atoms with Crippen LogP contribution in [0.2, 0.25) is 0 Å². The summed E-state index contributed by atoms with van der Waals surface area (Å²) >= 11 is 0. The number of sulfonamides is 1. The van der Waals surface area contributed by atoms with Gasteiger partial charge in [-0.15, -0.1) is 0 Å². The molecular weight excluding hydrogens is 380 g/mol. The fourth-order valence-electron chi connectivity index (χ4n) is 3.29. The van der Waals surface area contributed by atoms with Gasteiger partial charge < -0.3 is 14.9 Å². The number of fused-ring (bicyclic) bond motifs is 1. The number of benzene rings is 1. The third-order valence-electron chi connectivity index (χ3n) is 4.90. The Morgan fingerprint density at radius 1 is 1.04 bits per heavy atom. The highest BCUT2D eigenvalue weighted by atomic mass is 32.2. The van der Waals surface area contributed by atoms with Crippen molar-refractivity contribution in [2.45, 2.75) is 24.7 Å². The summed E-state index contributed by atoms with van der Waals surface area (Å²) in [6.45, 7) is 5.88. The van der Waals surface area contributed by atoms with E-state index in [9.17, 15) is 13.2 Å². The highest BCUT2D eigenvalue weighted by Crippen LogP contribution is 2.22. The van der Waals surface area contributed by atoms with Crippen LogP contribution in [-0.2, 0) is 10.0 Å². The lowest BCUT2D eigenvalue weighted by atomic mass is 10.1. The number of piperazine rings is 1. The summed E-state index contributed by atoms with van der Waals surface area (Å²) in [6, 6.07) is 6.51. The van der Waals surface area contributed by atoms with Gasteiger partial charge in [-0.05, 0) is 30.2 Å². The molecule has 2 aromatic heterocycles. The first kappa shape index (κ1) is 18.6. The van der Waals surface area contributed by atoms with Gasteiger partial charge in [-0.1, -0.05) is 13.8 Å². The van der Waals surface area contributed by atoms with E-state index < -0.39 is 10.0 Å². The van der Waals surface area contributed by atoms with Crippen molar-refractivity contribution in [2.75, 3.05) is 31.1 Å². The molecule has 0 radical (unpaired) electrons. The van der Waals surface area contributed by atoms with E-state index in [2.05, 4.69) is 33.8 Å². The first-order valence-electron chi connectivity index (χ1n) is 9.15. The number of nitrogens with zero attached hydrogens (tertiary/aromatic N) is 4. The average molecular weight is 402 g/mol. The SMILES string of the molecule is CC(C)c1ccnc(N2CCN(S(=O)(=O)c3ccc4[nH]c(=O)[nH]c4c3)CC2)n1. The number of nitrogens with one attached hydrogen (secondary N) is 2. The molecule has 9 nitrogen and oxygen atoms in total. The molecule has 10 heteroatoms. The topological polar surface area (TPSA) is 115 Å². The normalized spacial score (nSPS) is 16.2. The van der Waals surface area contributed by atoms with Crippen LogP contribution in [0.5, 0.6) is 0 Å². The van der Waals surface area contributed by atoms with Gasteiger partial charge in [0.05, 0.1) is 15.9 Å². The van der Waals surface area contributed by atoms with Gasteiger partial charge in [-0.3, -0.25) is 0 Å². The molecule has 0 bridgehead atoms. The molecule has 0 spiro atoms. The zero-order chi connectivity index (χ0) is 19.9. The number of hydrogen-bond acceptors (Lipinski definition) is 6. The molecule has 1 fully saturated rings. The first-order chi connectivity index (χ1) is 13.3. The molecule has 1 aromatic carbocycles. The molecular formula is C18H22N6O3S. The monoisotopic (exact) mass is 402 g/mol. The molecule has 1 aliphatic heterocycles. The summed E-state index contributed by atoms with van der Waals surface area (Å²) in [6.07, 6.45) is 1.74. The minimum absolute atomic E-state index is 0.168. The van der Waals surface area contributed by atoms with Crippen molar-refractivity contribution in [3.8, 4) is 0 Å². The second-order valence-electron chi connectivity index (χ2n) is 7.11. The third-order valence-corrected chi connectivity index (χ3v) is 6.80. The molecule has 0 amide bonds. The number of hydrogen-bond donors (Lipinski definition) is 2. The molecule has 3 aromatic rings. The highest BCUT2D eigenvalue weighted by molar-refractivity contribution is 7.89. The van der Waals surface area contributed by atoms with Crippen molar-refractivity contribution >= 4 is 27.0 Å². The maximum atomic E-state index is 13.0. The van der Waals surface area contributed by atoms with Crippen LogP contribution in [0.3, 0.4) is 0 Å². The zero-order valence-corrected chi connectivity index (χ0v) is 16.5. The van der Waals surface area contributed by atoms with Crippen LogP contribution in [0.25, 0.3) is 11.0 Å². The van der Waals surface area contributed by atoms with E-state index >= 15 is 0 Å². The second kappa shape index (κ2) is 7.02. The van der Waals surface area contributed by atoms with Crippen molar-refractivity contribution < 1.29 is 8.42 Å². The summed E-state index contributed by atoms with van der Waals surface area (Å²) in [4.78, 5) is 27.7. The van der Waals surface area contributed by atoms with E-state index in [-0.39, 0.29) is 10.6 Å². The van der Waals surface area contributed by atoms with Gasteiger partial charge in [0, 0.05) is 38.1 Å². The van der Waals surface area contributed by atoms with Crippen LogP contribution in [0, 0.1) is 0 Å². The molecule has 0 unspecified atom stereocenters. The van der Waals surface area contributed by atoms with Crippen LogP contribution in [0.4, 0.5) is 5.95 Å². The van der Waals surface area contributed by atoms with E-state index in [1.165, 1.54) is 16.4 Å². The smallest absolute Gasteiger partial charge is 0.323 e. The standard InChI is InChI=1S/C18H22N6O3S/c1-12(2)14-5-6-19-17(20-14)23-7-9-24(10-8-23)28(26,27)13-3-4-15-16(11-13)22-18(25)21-15/h3-6,11-12H,7-10H2,1-2H3,(H2,21,22,25). The van der Waals surface area contributed by atoms with E-state index in [0.717, 1.165) is 5.69 Å².